The van der Waals surface area contributed by atoms with Crippen LogP contribution in [0.2, 0.25) is 19.1 Å². The summed E-state index contributed by atoms with van der Waals surface area (Å²) in [6.45, 7) is 6.89. The van der Waals surface area contributed by atoms with E-state index in [0.717, 1.165) is 12.5 Å². The number of nitrogens with one attached hydrogen (secondary N) is 2. The maximum absolute atomic E-state index is 13.4. The van der Waals surface area contributed by atoms with Crippen LogP contribution in [0, 0.1) is 29.1 Å². The van der Waals surface area contributed by atoms with Crippen LogP contribution < -0.4 is 10.6 Å². The first-order chi connectivity index (χ1) is 11.6. The Balaban J connectivity index is 2.51. The Morgan fingerprint density at radius 3 is 2.00 bits per heavy atom. The van der Waals surface area contributed by atoms with Crippen LogP contribution in [0.3, 0.4) is 0 Å². The van der Waals surface area contributed by atoms with E-state index >= 15 is 0 Å². The summed E-state index contributed by atoms with van der Waals surface area (Å²) in [5.41, 5.74) is -1.38. The van der Waals surface area contributed by atoms with Gasteiger partial charge in [-0.15, -0.1) is 0 Å². The van der Waals surface area contributed by atoms with Gasteiger partial charge < -0.3 is 15.1 Å². The first-order valence-corrected chi connectivity index (χ1v) is 10.9. The molecule has 2 amide bonds. The van der Waals surface area contributed by atoms with Gasteiger partial charge in [-0.3, -0.25) is 0 Å². The molecule has 25 heavy (non-hydrogen) atoms. The molecular formula is C15H21F5N2O2Si. The van der Waals surface area contributed by atoms with E-state index in [1.54, 1.807) is 5.32 Å². The normalized spacial score (nSPS) is 11.5. The fourth-order valence-electron chi connectivity index (χ4n) is 2.21. The maximum Gasteiger partial charge on any atom is 0.319 e. The van der Waals surface area contributed by atoms with Gasteiger partial charge in [0.15, 0.2) is 31.6 Å². The molecule has 0 fully saturated rings. The van der Waals surface area contributed by atoms with Crippen molar-refractivity contribution >= 4 is 20.0 Å². The number of carbonyl (C=O) groups is 1. The smallest absolute Gasteiger partial charge is 0.319 e. The lowest BCUT2D eigenvalue weighted by molar-refractivity contribution is 0.251. The van der Waals surface area contributed by atoms with Crippen LogP contribution in [0.25, 0.3) is 0 Å². The van der Waals surface area contributed by atoms with Crippen molar-refractivity contribution in [1.29, 1.82) is 0 Å². The monoisotopic (exact) mass is 384 g/mol. The predicted octanol–water partition coefficient (Wildman–Crippen LogP) is 4.53. The van der Waals surface area contributed by atoms with Gasteiger partial charge in [-0.05, 0) is 32.5 Å². The van der Waals surface area contributed by atoms with Crippen LogP contribution in [-0.4, -0.2) is 27.5 Å². The lowest BCUT2D eigenvalue weighted by Gasteiger charge is -2.21. The fraction of sp³-hybridized carbons (Fsp3) is 0.533. The second-order valence-corrected chi connectivity index (χ2v) is 10.3. The summed E-state index contributed by atoms with van der Waals surface area (Å²) in [5.74, 6) is -10.7. The molecule has 1 rings (SSSR count). The summed E-state index contributed by atoms with van der Waals surface area (Å²) in [6.07, 6.45) is 1.37. The second kappa shape index (κ2) is 9.14. The van der Waals surface area contributed by atoms with Gasteiger partial charge >= 0.3 is 6.03 Å². The molecule has 4 nitrogen and oxygen atoms in total. The summed E-state index contributed by atoms with van der Waals surface area (Å²) in [7, 11) is -1.72. The molecule has 0 saturated heterocycles. The van der Waals surface area contributed by atoms with E-state index in [-0.39, 0.29) is 6.54 Å². The van der Waals surface area contributed by atoms with Gasteiger partial charge in [0.2, 0.25) is 5.82 Å². The van der Waals surface area contributed by atoms with Crippen LogP contribution in [0.5, 0.6) is 0 Å². The molecule has 0 atom stereocenters. The van der Waals surface area contributed by atoms with Gasteiger partial charge in [0, 0.05) is 13.2 Å². The number of unbranched alkanes of at least 4 members (excludes halogenated alkanes) is 1. The molecule has 1 aromatic rings. The van der Waals surface area contributed by atoms with Crippen molar-refractivity contribution in [3.8, 4) is 0 Å². The molecule has 0 aliphatic heterocycles. The van der Waals surface area contributed by atoms with Gasteiger partial charge in [0.1, 0.15) is 5.69 Å². The second-order valence-electron chi connectivity index (χ2n) is 5.98. The third kappa shape index (κ3) is 5.96. The quantitative estimate of drug-likeness (QED) is 0.228. The first kappa shape index (κ1) is 21.4. The summed E-state index contributed by atoms with van der Waals surface area (Å²) in [6, 6.07) is -0.175. The van der Waals surface area contributed by atoms with E-state index < -0.39 is 49.1 Å². The number of urea groups is 1. The number of rotatable bonds is 8. The van der Waals surface area contributed by atoms with E-state index in [1.165, 1.54) is 0 Å². The highest BCUT2D eigenvalue weighted by molar-refractivity contribution is 6.71. The Morgan fingerprint density at radius 2 is 1.48 bits per heavy atom. The highest BCUT2D eigenvalue weighted by Crippen LogP contribution is 2.26. The van der Waals surface area contributed by atoms with Crippen LogP contribution in [0.1, 0.15) is 19.8 Å². The Bertz CT molecular complexity index is 599. The van der Waals surface area contributed by atoms with Gasteiger partial charge in [-0.25, -0.2) is 26.7 Å². The zero-order chi connectivity index (χ0) is 19.2. The van der Waals surface area contributed by atoms with Crippen LogP contribution in [0.15, 0.2) is 0 Å². The molecule has 142 valence electrons. The minimum Gasteiger partial charge on any atom is -0.418 e. The minimum absolute atomic E-state index is 0.192. The van der Waals surface area contributed by atoms with E-state index in [0.29, 0.717) is 13.0 Å². The zero-order valence-corrected chi connectivity index (χ0v) is 15.2. The number of hydrogen-bond donors (Lipinski definition) is 2. The third-order valence-electron chi connectivity index (χ3n) is 3.47. The molecule has 0 aliphatic rings. The SMILES string of the molecule is CCO[Si](C)(C)CCCCNC(=O)Nc1c(F)c(F)c(F)c(F)c1F. The molecule has 0 saturated carbocycles. The molecule has 2 N–H and O–H groups in total. The third-order valence-corrected chi connectivity index (χ3v) is 6.10. The topological polar surface area (TPSA) is 50.4 Å². The van der Waals surface area contributed by atoms with Crippen molar-refractivity contribution in [1.82, 2.24) is 5.32 Å². The van der Waals surface area contributed by atoms with Crippen LogP contribution in [-0.2, 0) is 4.43 Å². The zero-order valence-electron chi connectivity index (χ0n) is 14.2. The summed E-state index contributed by atoms with van der Waals surface area (Å²) >= 11 is 0. The molecule has 0 bridgehead atoms. The predicted molar refractivity (Wildman–Crippen MR) is 86.4 cm³/mol. The molecule has 0 aromatic heterocycles. The minimum atomic E-state index is -2.28. The van der Waals surface area contributed by atoms with Crippen molar-refractivity contribution in [3.05, 3.63) is 29.1 Å². The largest absolute Gasteiger partial charge is 0.418 e. The molecule has 0 radical (unpaired) electrons. The highest BCUT2D eigenvalue weighted by Gasteiger charge is 2.26. The van der Waals surface area contributed by atoms with Gasteiger partial charge in [-0.2, -0.15) is 0 Å². The lowest BCUT2D eigenvalue weighted by atomic mass is 10.2. The molecule has 0 heterocycles. The van der Waals surface area contributed by atoms with E-state index in [2.05, 4.69) is 18.4 Å². The van der Waals surface area contributed by atoms with Crippen molar-refractivity contribution in [2.45, 2.75) is 38.9 Å². The first-order valence-electron chi connectivity index (χ1n) is 7.81. The average molecular weight is 384 g/mol. The average Bonchev–Trinajstić information content (AvgIpc) is 2.54. The molecule has 10 heteroatoms. The summed E-state index contributed by atoms with van der Waals surface area (Å²) < 4.78 is 71.5. The molecule has 1 aromatic carbocycles. The number of halogens is 5. The summed E-state index contributed by atoms with van der Waals surface area (Å²) in [4.78, 5) is 11.6. The highest BCUT2D eigenvalue weighted by atomic mass is 28.4. The maximum atomic E-state index is 13.4. The van der Waals surface area contributed by atoms with E-state index in [4.69, 9.17) is 4.43 Å². The number of carbonyl (C=O) groups excluding carboxylic acids is 1. The van der Waals surface area contributed by atoms with Crippen molar-refractivity contribution in [3.63, 3.8) is 0 Å². The molecule has 0 aliphatic carbocycles. The van der Waals surface area contributed by atoms with E-state index in [9.17, 15) is 26.7 Å². The Hall–Kier alpha value is -1.68. The fourth-order valence-corrected chi connectivity index (χ4v) is 4.24. The molecular weight excluding hydrogens is 363 g/mol. The number of amides is 2. The van der Waals surface area contributed by atoms with Gasteiger partial charge in [-0.1, -0.05) is 6.42 Å². The number of benzene rings is 1. The number of anilines is 1. The molecule has 0 spiro atoms. The van der Waals surface area contributed by atoms with Crippen molar-refractivity contribution in [2.75, 3.05) is 18.5 Å². The Labute approximate surface area is 143 Å². The molecule has 0 unspecified atom stereocenters. The Kier molecular flexibility index (Phi) is 7.81. The van der Waals surface area contributed by atoms with Gasteiger partial charge in [0.05, 0.1) is 0 Å². The van der Waals surface area contributed by atoms with E-state index in [1.807, 2.05) is 6.92 Å². The number of hydrogen-bond acceptors (Lipinski definition) is 2. The van der Waals surface area contributed by atoms with Gasteiger partial charge in [0.25, 0.3) is 0 Å². The van der Waals surface area contributed by atoms with Crippen molar-refractivity contribution < 1.29 is 31.2 Å². The summed E-state index contributed by atoms with van der Waals surface area (Å²) in [5, 5.41) is 3.96. The standard InChI is InChI=1S/C15H21F5N2O2Si/c1-4-24-25(2,3)8-6-5-7-21-15(23)22-14-12(19)10(17)9(16)11(18)13(14)20/h4-8H2,1-3H3,(H2,21,22,23). The van der Waals surface area contributed by atoms with Crippen molar-refractivity contribution in [2.24, 2.45) is 0 Å². The Morgan fingerprint density at radius 1 is 0.960 bits per heavy atom. The van der Waals surface area contributed by atoms with Crippen LogP contribution in [0.4, 0.5) is 32.4 Å². The van der Waals surface area contributed by atoms with Crippen LogP contribution >= 0.6 is 0 Å². The lowest BCUT2D eigenvalue weighted by Crippen LogP contribution is -2.32.